The second kappa shape index (κ2) is 2.71. The fraction of sp³-hybridized carbons (Fsp3) is 0.222. The number of rotatable bonds is 0. The van der Waals surface area contributed by atoms with Crippen LogP contribution >= 0.6 is 0 Å². The monoisotopic (exact) mass is 178 g/mol. The van der Waals surface area contributed by atoms with Gasteiger partial charge in [0.05, 0.1) is 17.7 Å². The molecule has 3 nitrogen and oxygen atoms in total. The first kappa shape index (κ1) is 8.02. The predicted octanol–water partition coefficient (Wildman–Crippen LogP) is 1.09. The first-order valence-corrected chi connectivity index (χ1v) is 3.84. The Morgan fingerprint density at radius 1 is 1.62 bits per heavy atom. The standard InChI is InChI=1S/C9H7FN2O/c10-6-1-5(3-11)9-7(12)4-13-8(9)2-6/h1-2,7H,4,12H2/t7-/m1/s1. The van der Waals surface area contributed by atoms with Crippen LogP contribution in [0.1, 0.15) is 17.2 Å². The molecule has 0 bridgehead atoms. The zero-order valence-corrected chi connectivity index (χ0v) is 6.75. The molecule has 66 valence electrons. The Hall–Kier alpha value is -1.60. The Morgan fingerprint density at radius 2 is 2.38 bits per heavy atom. The smallest absolute Gasteiger partial charge is 0.128 e. The SMILES string of the molecule is N#Cc1cc(F)cc2c1[C@H](N)CO2. The van der Waals surface area contributed by atoms with Gasteiger partial charge in [0.15, 0.2) is 0 Å². The molecule has 0 spiro atoms. The van der Waals surface area contributed by atoms with E-state index in [2.05, 4.69) is 0 Å². The third-order valence-corrected chi connectivity index (χ3v) is 2.02. The van der Waals surface area contributed by atoms with Crippen LogP contribution in [0.25, 0.3) is 0 Å². The van der Waals surface area contributed by atoms with Gasteiger partial charge in [-0.05, 0) is 6.07 Å². The fourth-order valence-corrected chi connectivity index (χ4v) is 1.45. The van der Waals surface area contributed by atoms with E-state index in [0.29, 0.717) is 17.9 Å². The summed E-state index contributed by atoms with van der Waals surface area (Å²) in [5.41, 5.74) is 6.55. The van der Waals surface area contributed by atoms with E-state index in [1.807, 2.05) is 6.07 Å². The van der Waals surface area contributed by atoms with Crippen molar-refractivity contribution in [3.63, 3.8) is 0 Å². The first-order valence-electron chi connectivity index (χ1n) is 3.84. The van der Waals surface area contributed by atoms with Gasteiger partial charge in [0, 0.05) is 11.6 Å². The van der Waals surface area contributed by atoms with Gasteiger partial charge < -0.3 is 10.5 Å². The lowest BCUT2D eigenvalue weighted by Gasteiger charge is -2.02. The number of nitrogens with two attached hydrogens (primary N) is 1. The van der Waals surface area contributed by atoms with Gasteiger partial charge in [-0.2, -0.15) is 5.26 Å². The summed E-state index contributed by atoms with van der Waals surface area (Å²) in [6.07, 6.45) is 0. The van der Waals surface area contributed by atoms with Crippen LogP contribution in [-0.2, 0) is 0 Å². The number of ether oxygens (including phenoxy) is 1. The largest absolute Gasteiger partial charge is 0.491 e. The molecule has 0 aliphatic carbocycles. The molecule has 0 amide bonds. The second-order valence-electron chi connectivity index (χ2n) is 2.89. The third-order valence-electron chi connectivity index (χ3n) is 2.02. The van der Waals surface area contributed by atoms with Crippen molar-refractivity contribution in [2.45, 2.75) is 6.04 Å². The van der Waals surface area contributed by atoms with E-state index < -0.39 is 5.82 Å². The molecule has 0 saturated heterocycles. The molecule has 0 unspecified atom stereocenters. The summed E-state index contributed by atoms with van der Waals surface area (Å²) in [7, 11) is 0. The van der Waals surface area contributed by atoms with E-state index >= 15 is 0 Å². The lowest BCUT2D eigenvalue weighted by molar-refractivity contribution is 0.332. The topological polar surface area (TPSA) is 59.0 Å². The average Bonchev–Trinajstić information content (AvgIpc) is 2.46. The Labute approximate surface area is 74.5 Å². The molecule has 1 aromatic rings. The van der Waals surface area contributed by atoms with E-state index in [4.69, 9.17) is 15.7 Å². The highest BCUT2D eigenvalue weighted by atomic mass is 19.1. The maximum absolute atomic E-state index is 12.9. The molecule has 1 atom stereocenters. The summed E-state index contributed by atoms with van der Waals surface area (Å²) >= 11 is 0. The zero-order valence-electron chi connectivity index (χ0n) is 6.75. The summed E-state index contributed by atoms with van der Waals surface area (Å²) in [6.45, 7) is 0.313. The number of hydrogen-bond donors (Lipinski definition) is 1. The van der Waals surface area contributed by atoms with Crippen LogP contribution in [0.15, 0.2) is 12.1 Å². The van der Waals surface area contributed by atoms with Crippen molar-refractivity contribution < 1.29 is 9.13 Å². The van der Waals surface area contributed by atoms with E-state index in [0.717, 1.165) is 0 Å². The molecule has 0 aromatic heterocycles. The van der Waals surface area contributed by atoms with Gasteiger partial charge in [-0.15, -0.1) is 0 Å². The number of nitrogens with zero attached hydrogens (tertiary/aromatic N) is 1. The van der Waals surface area contributed by atoms with Crippen LogP contribution in [0.2, 0.25) is 0 Å². The van der Waals surface area contributed by atoms with Crippen LogP contribution in [0.4, 0.5) is 4.39 Å². The van der Waals surface area contributed by atoms with Crippen LogP contribution < -0.4 is 10.5 Å². The minimum absolute atomic E-state index is 0.264. The van der Waals surface area contributed by atoms with Gasteiger partial charge in [-0.3, -0.25) is 0 Å². The van der Waals surface area contributed by atoms with E-state index in [-0.39, 0.29) is 11.6 Å². The second-order valence-corrected chi connectivity index (χ2v) is 2.89. The number of hydrogen-bond acceptors (Lipinski definition) is 3. The molecule has 0 fully saturated rings. The number of fused-ring (bicyclic) bond motifs is 1. The van der Waals surface area contributed by atoms with Crippen molar-refractivity contribution >= 4 is 0 Å². The Kier molecular flexibility index (Phi) is 1.67. The minimum atomic E-state index is -0.468. The number of halogens is 1. The molecule has 0 radical (unpaired) electrons. The van der Waals surface area contributed by atoms with E-state index in [1.54, 1.807) is 0 Å². The minimum Gasteiger partial charge on any atom is -0.491 e. The van der Waals surface area contributed by atoms with Crippen molar-refractivity contribution in [3.8, 4) is 11.8 Å². The molecular formula is C9H7FN2O. The van der Waals surface area contributed by atoms with Gasteiger partial charge in [-0.25, -0.2) is 4.39 Å². The first-order chi connectivity index (χ1) is 6.22. The lowest BCUT2D eigenvalue weighted by atomic mass is 10.0. The van der Waals surface area contributed by atoms with Crippen molar-refractivity contribution in [2.24, 2.45) is 5.73 Å². The van der Waals surface area contributed by atoms with Crippen LogP contribution in [0.5, 0.6) is 5.75 Å². The highest BCUT2D eigenvalue weighted by molar-refractivity contribution is 5.50. The number of benzene rings is 1. The quantitative estimate of drug-likeness (QED) is 0.646. The maximum atomic E-state index is 12.9. The summed E-state index contributed by atoms with van der Waals surface area (Å²) in [4.78, 5) is 0. The van der Waals surface area contributed by atoms with Crippen molar-refractivity contribution in [2.75, 3.05) is 6.61 Å². The normalized spacial score (nSPS) is 19.0. The Bertz CT molecular complexity index is 397. The van der Waals surface area contributed by atoms with Crippen LogP contribution in [0.3, 0.4) is 0 Å². The van der Waals surface area contributed by atoms with Crippen molar-refractivity contribution in [1.82, 2.24) is 0 Å². The van der Waals surface area contributed by atoms with Crippen LogP contribution in [0, 0.1) is 17.1 Å². The Balaban J connectivity index is 2.66. The molecule has 2 rings (SSSR count). The maximum Gasteiger partial charge on any atom is 0.128 e. The molecular weight excluding hydrogens is 171 g/mol. The average molecular weight is 178 g/mol. The van der Waals surface area contributed by atoms with Gasteiger partial charge in [0.2, 0.25) is 0 Å². The van der Waals surface area contributed by atoms with E-state index in [9.17, 15) is 4.39 Å². The van der Waals surface area contributed by atoms with Gasteiger partial charge in [0.25, 0.3) is 0 Å². The highest BCUT2D eigenvalue weighted by Gasteiger charge is 2.24. The molecule has 13 heavy (non-hydrogen) atoms. The van der Waals surface area contributed by atoms with Crippen molar-refractivity contribution in [3.05, 3.63) is 29.1 Å². The summed E-state index contributed by atoms with van der Waals surface area (Å²) in [6, 6.07) is 4.01. The van der Waals surface area contributed by atoms with Gasteiger partial charge >= 0.3 is 0 Å². The molecule has 1 aliphatic heterocycles. The fourth-order valence-electron chi connectivity index (χ4n) is 1.45. The van der Waals surface area contributed by atoms with E-state index in [1.165, 1.54) is 12.1 Å². The summed E-state index contributed by atoms with van der Waals surface area (Å²) < 4.78 is 18.0. The lowest BCUT2D eigenvalue weighted by Crippen LogP contribution is -2.11. The van der Waals surface area contributed by atoms with Gasteiger partial charge in [0.1, 0.15) is 18.2 Å². The Morgan fingerprint density at radius 3 is 3.08 bits per heavy atom. The van der Waals surface area contributed by atoms with Crippen LogP contribution in [-0.4, -0.2) is 6.61 Å². The van der Waals surface area contributed by atoms with Crippen molar-refractivity contribution in [1.29, 1.82) is 5.26 Å². The zero-order chi connectivity index (χ0) is 9.42. The number of nitriles is 1. The molecule has 1 heterocycles. The molecule has 1 aromatic carbocycles. The third kappa shape index (κ3) is 1.14. The summed E-state index contributed by atoms with van der Waals surface area (Å²) in [5.74, 6) is -0.0755. The molecule has 0 saturated carbocycles. The molecule has 1 aliphatic rings. The summed E-state index contributed by atoms with van der Waals surface area (Å²) in [5, 5.41) is 8.72. The molecule has 4 heteroatoms. The highest BCUT2D eigenvalue weighted by Crippen LogP contribution is 2.34. The molecule has 2 N–H and O–H groups in total. The van der Waals surface area contributed by atoms with Gasteiger partial charge in [-0.1, -0.05) is 0 Å². The predicted molar refractivity (Wildman–Crippen MR) is 43.5 cm³/mol.